The average Bonchev–Trinajstić information content (AvgIpc) is 3.63. The number of methoxy groups -OCH3 is 2. The first-order valence-corrected chi connectivity index (χ1v) is 24.5. The smallest absolute Gasteiger partial charge is 0.305 e. The Morgan fingerprint density at radius 3 is 1.90 bits per heavy atom. The van der Waals surface area contributed by atoms with Crippen LogP contribution in [0.1, 0.15) is 115 Å². The number of carbonyl (C=O) groups is 3. The van der Waals surface area contributed by atoms with Crippen molar-refractivity contribution < 1.29 is 37.8 Å². The molecular weight excluding hydrogens is 761 g/mol. The van der Waals surface area contributed by atoms with Gasteiger partial charge in [-0.3, -0.25) is 14.4 Å². The van der Waals surface area contributed by atoms with Crippen LogP contribution in [-0.4, -0.2) is 83.7 Å². The molecule has 10 nitrogen and oxygen atoms in total. The second-order valence-corrected chi connectivity index (χ2v) is 21.9. The van der Waals surface area contributed by atoms with Gasteiger partial charge in [-0.1, -0.05) is 95.1 Å². The van der Waals surface area contributed by atoms with E-state index in [2.05, 4.69) is 58.2 Å². The molecule has 0 bridgehead atoms. The summed E-state index contributed by atoms with van der Waals surface area (Å²) in [4.78, 5) is 40.3. The number of nitrogens with zero attached hydrogens (tertiary/aromatic N) is 1. The van der Waals surface area contributed by atoms with Crippen molar-refractivity contribution in [2.45, 2.75) is 134 Å². The molecule has 3 aromatic rings. The van der Waals surface area contributed by atoms with Gasteiger partial charge in [0.05, 0.1) is 39.6 Å². The van der Waals surface area contributed by atoms with Crippen LogP contribution in [0.15, 0.2) is 78.9 Å². The van der Waals surface area contributed by atoms with Gasteiger partial charge in [0.1, 0.15) is 17.1 Å². The van der Waals surface area contributed by atoms with E-state index in [0.29, 0.717) is 64.8 Å². The van der Waals surface area contributed by atoms with Crippen molar-refractivity contribution >= 4 is 26.1 Å². The van der Waals surface area contributed by atoms with Crippen molar-refractivity contribution in [1.82, 2.24) is 10.2 Å². The Balaban J connectivity index is 1.45. The van der Waals surface area contributed by atoms with Crippen molar-refractivity contribution in [1.29, 1.82) is 0 Å². The van der Waals surface area contributed by atoms with E-state index >= 15 is 0 Å². The third-order valence-corrected chi connectivity index (χ3v) is 16.3. The molecule has 0 spiro atoms. The maximum atomic E-state index is 14.1. The SMILES string of the molecule is CCCCOC(=O)CCCCC(=O)NCCCCCC(=O)N1C[C@H](O[Si](C)(C)C(C)(C)C)C[C@H]1COC(c1ccccc1)(c1ccc(OC)cc1)c1ccc(OC)cc1. The van der Waals surface area contributed by atoms with Gasteiger partial charge in [-0.05, 0) is 97.6 Å². The van der Waals surface area contributed by atoms with E-state index in [9.17, 15) is 14.4 Å². The van der Waals surface area contributed by atoms with Crippen LogP contribution < -0.4 is 14.8 Å². The van der Waals surface area contributed by atoms with Crippen LogP contribution in [0.3, 0.4) is 0 Å². The number of hydrogen-bond acceptors (Lipinski definition) is 8. The Hall–Kier alpha value is -4.19. The van der Waals surface area contributed by atoms with Gasteiger partial charge in [0.2, 0.25) is 11.8 Å². The second kappa shape index (κ2) is 23.0. The number of hydrogen-bond donors (Lipinski definition) is 1. The van der Waals surface area contributed by atoms with Gasteiger partial charge < -0.3 is 33.6 Å². The molecule has 4 rings (SSSR count). The average molecular weight is 831 g/mol. The lowest BCUT2D eigenvalue weighted by Gasteiger charge is -2.38. The fourth-order valence-electron chi connectivity index (χ4n) is 7.31. The Morgan fingerprint density at radius 1 is 0.746 bits per heavy atom. The lowest BCUT2D eigenvalue weighted by Crippen LogP contribution is -2.45. The number of carbonyl (C=O) groups excluding carboxylic acids is 3. The summed E-state index contributed by atoms with van der Waals surface area (Å²) in [7, 11) is 1.19. The van der Waals surface area contributed by atoms with Gasteiger partial charge in [-0.2, -0.15) is 0 Å². The summed E-state index contributed by atoms with van der Waals surface area (Å²) in [6.07, 6.45) is 7.21. The molecule has 1 heterocycles. The highest BCUT2D eigenvalue weighted by atomic mass is 28.4. The lowest BCUT2D eigenvalue weighted by atomic mass is 9.80. The molecule has 1 aliphatic rings. The van der Waals surface area contributed by atoms with E-state index in [1.54, 1.807) is 14.2 Å². The predicted octanol–water partition coefficient (Wildman–Crippen LogP) is 9.58. The van der Waals surface area contributed by atoms with Crippen molar-refractivity contribution in [3.63, 3.8) is 0 Å². The van der Waals surface area contributed by atoms with Crippen LogP contribution >= 0.6 is 0 Å². The molecule has 11 heteroatoms. The molecule has 3 aromatic carbocycles. The molecule has 1 saturated heterocycles. The third kappa shape index (κ3) is 13.7. The molecule has 1 N–H and O–H groups in total. The number of esters is 1. The van der Waals surface area contributed by atoms with Crippen molar-refractivity contribution in [2.75, 3.05) is 40.5 Å². The summed E-state index contributed by atoms with van der Waals surface area (Å²) in [6.45, 7) is 15.2. The quantitative estimate of drug-likeness (QED) is 0.0411. The van der Waals surface area contributed by atoms with Gasteiger partial charge in [0.25, 0.3) is 0 Å². The Labute approximate surface area is 354 Å². The highest BCUT2D eigenvalue weighted by Crippen LogP contribution is 2.43. The summed E-state index contributed by atoms with van der Waals surface area (Å²) < 4.78 is 30.5. The van der Waals surface area contributed by atoms with Gasteiger partial charge >= 0.3 is 5.97 Å². The second-order valence-electron chi connectivity index (χ2n) is 17.2. The van der Waals surface area contributed by atoms with Crippen LogP contribution in [0.4, 0.5) is 0 Å². The van der Waals surface area contributed by atoms with E-state index in [4.69, 9.17) is 23.4 Å². The molecule has 1 fully saturated rings. The molecule has 0 saturated carbocycles. The minimum absolute atomic E-state index is 0.0102. The highest BCUT2D eigenvalue weighted by Gasteiger charge is 2.45. The Morgan fingerprint density at radius 2 is 1.32 bits per heavy atom. The number of likely N-dealkylation sites (tertiary alicyclic amines) is 1. The van der Waals surface area contributed by atoms with Crippen LogP contribution in [0.5, 0.6) is 11.5 Å². The van der Waals surface area contributed by atoms with Crippen molar-refractivity contribution in [3.05, 3.63) is 95.6 Å². The topological polar surface area (TPSA) is 113 Å². The van der Waals surface area contributed by atoms with Gasteiger partial charge in [0.15, 0.2) is 8.32 Å². The highest BCUT2D eigenvalue weighted by molar-refractivity contribution is 6.74. The maximum Gasteiger partial charge on any atom is 0.305 e. The van der Waals surface area contributed by atoms with Gasteiger partial charge in [0, 0.05) is 32.4 Å². The number of ether oxygens (including phenoxy) is 4. The van der Waals surface area contributed by atoms with E-state index in [-0.39, 0.29) is 35.0 Å². The fourth-order valence-corrected chi connectivity index (χ4v) is 8.66. The molecule has 0 aliphatic carbocycles. The minimum atomic E-state index is -2.13. The first-order valence-electron chi connectivity index (χ1n) is 21.6. The molecule has 2 atom stereocenters. The maximum absolute atomic E-state index is 14.1. The predicted molar refractivity (Wildman–Crippen MR) is 236 cm³/mol. The summed E-state index contributed by atoms with van der Waals surface area (Å²) >= 11 is 0. The van der Waals surface area contributed by atoms with Crippen LogP contribution in [0, 0.1) is 0 Å². The van der Waals surface area contributed by atoms with Crippen LogP contribution in [0.25, 0.3) is 0 Å². The normalized spacial score (nSPS) is 15.8. The molecule has 59 heavy (non-hydrogen) atoms. The summed E-state index contributed by atoms with van der Waals surface area (Å²) in [5.74, 6) is 1.39. The largest absolute Gasteiger partial charge is 0.497 e. The molecular formula is C48H70N2O8Si. The zero-order valence-electron chi connectivity index (χ0n) is 37.0. The minimum Gasteiger partial charge on any atom is -0.497 e. The Kier molecular flexibility index (Phi) is 18.5. The molecule has 1 aliphatic heterocycles. The summed E-state index contributed by atoms with van der Waals surface area (Å²) in [5.41, 5.74) is 1.84. The summed E-state index contributed by atoms with van der Waals surface area (Å²) in [5, 5.41) is 3.02. The molecule has 2 amide bonds. The number of unbranched alkanes of at least 4 members (excludes halogenated alkanes) is 4. The molecule has 324 valence electrons. The van der Waals surface area contributed by atoms with Crippen molar-refractivity contribution in [3.8, 4) is 11.5 Å². The first-order chi connectivity index (χ1) is 28.2. The summed E-state index contributed by atoms with van der Waals surface area (Å²) in [6, 6.07) is 26.0. The van der Waals surface area contributed by atoms with Gasteiger partial charge in [-0.15, -0.1) is 0 Å². The molecule has 0 aromatic heterocycles. The van der Waals surface area contributed by atoms with Gasteiger partial charge in [-0.25, -0.2) is 0 Å². The van der Waals surface area contributed by atoms with Crippen LogP contribution in [0.2, 0.25) is 18.1 Å². The van der Waals surface area contributed by atoms with E-state index < -0.39 is 13.9 Å². The Bertz CT molecular complexity index is 1680. The molecule has 0 unspecified atom stereocenters. The molecule has 0 radical (unpaired) electrons. The number of benzene rings is 3. The zero-order valence-corrected chi connectivity index (χ0v) is 38.0. The number of nitrogens with one attached hydrogen (secondary N) is 1. The standard InChI is InChI=1S/C48H70N2O8Si/c1-9-10-33-56-46(53)23-17-16-21-44(51)49-32-18-12-15-22-45(52)50-35-43(58-59(7,8)47(2,3)4)34-40(50)36-57-48(37-19-13-11-14-20-37,38-24-28-41(54-5)29-25-38)39-26-30-42(55-6)31-27-39/h11,13-14,19-20,24-31,40,43H,9-10,12,15-18,21-23,32-36H2,1-8H3,(H,49,51)/t40-,43+/m0/s1. The van der Waals surface area contributed by atoms with E-state index in [0.717, 1.165) is 60.3 Å². The van der Waals surface area contributed by atoms with Crippen LogP contribution in [-0.2, 0) is 33.9 Å². The lowest BCUT2D eigenvalue weighted by molar-refractivity contribution is -0.144. The monoisotopic (exact) mass is 830 g/mol. The number of amides is 2. The van der Waals surface area contributed by atoms with E-state index in [1.807, 2.05) is 71.6 Å². The fraction of sp³-hybridized carbons (Fsp3) is 0.562. The zero-order chi connectivity index (χ0) is 42.9. The number of rotatable bonds is 24. The van der Waals surface area contributed by atoms with Crippen molar-refractivity contribution in [2.24, 2.45) is 0 Å². The van der Waals surface area contributed by atoms with E-state index in [1.165, 1.54) is 0 Å². The third-order valence-electron chi connectivity index (χ3n) is 11.8. The first kappa shape index (κ1) is 47.5.